The molecule has 112 valence electrons. The molecule has 0 aromatic heterocycles. The van der Waals surface area contributed by atoms with Crippen LogP contribution in [0, 0.1) is 5.21 Å². The summed E-state index contributed by atoms with van der Waals surface area (Å²) in [6.45, 7) is 0.859. The molecule has 0 aliphatic carbocycles. The van der Waals surface area contributed by atoms with E-state index in [9.17, 15) is 10.0 Å². The monoisotopic (exact) mass is 280 g/mol. The fourth-order valence-corrected chi connectivity index (χ4v) is 1.83. The van der Waals surface area contributed by atoms with Gasteiger partial charge in [-0.3, -0.25) is 10.0 Å². The topological polar surface area (TPSA) is 87.7 Å². The van der Waals surface area contributed by atoms with Crippen molar-refractivity contribution >= 4 is 5.91 Å². The molecule has 0 atom stereocenters. The summed E-state index contributed by atoms with van der Waals surface area (Å²) >= 11 is 0. The van der Waals surface area contributed by atoms with Gasteiger partial charge in [-0.25, -0.2) is 0 Å². The van der Waals surface area contributed by atoms with Crippen molar-refractivity contribution in [1.82, 2.24) is 16.1 Å². The van der Waals surface area contributed by atoms with E-state index in [0.717, 1.165) is 31.2 Å². The van der Waals surface area contributed by atoms with E-state index in [1.807, 2.05) is 30.3 Å². The number of nitrogens with zero attached hydrogens (tertiary/aromatic N) is 1. The molecule has 0 fully saturated rings. The second-order valence-electron chi connectivity index (χ2n) is 4.64. The van der Waals surface area contributed by atoms with Gasteiger partial charge in [0, 0.05) is 19.5 Å². The molecule has 1 aromatic rings. The highest BCUT2D eigenvalue weighted by Gasteiger charge is 2.01. The van der Waals surface area contributed by atoms with Crippen molar-refractivity contribution in [2.45, 2.75) is 38.6 Å². The summed E-state index contributed by atoms with van der Waals surface area (Å²) in [5.74, 6) is 0.0545. The Morgan fingerprint density at radius 1 is 1.15 bits per heavy atom. The molecule has 0 radical (unpaired) electrons. The molecule has 0 heterocycles. The lowest BCUT2D eigenvalue weighted by Crippen LogP contribution is -2.30. The van der Waals surface area contributed by atoms with Gasteiger partial charge < -0.3 is 16.1 Å². The van der Waals surface area contributed by atoms with E-state index < -0.39 is 0 Å². The van der Waals surface area contributed by atoms with Gasteiger partial charge in [0.05, 0.1) is 0 Å². The fourth-order valence-electron chi connectivity index (χ4n) is 1.83. The summed E-state index contributed by atoms with van der Waals surface area (Å²) in [5, 5.41) is 22.2. The molecule has 6 heteroatoms. The number of benzene rings is 1. The van der Waals surface area contributed by atoms with Crippen molar-refractivity contribution in [2.75, 3.05) is 6.54 Å². The maximum atomic E-state index is 11.6. The van der Waals surface area contributed by atoms with Crippen LogP contribution in [0.15, 0.2) is 30.3 Å². The molecule has 0 unspecified atom stereocenters. The number of hydrazine groups is 1. The number of hydrogen-bond acceptors (Lipinski definition) is 5. The third-order valence-electron chi connectivity index (χ3n) is 2.96. The Labute approximate surface area is 119 Å². The van der Waals surface area contributed by atoms with Crippen LogP contribution in [0.5, 0.6) is 0 Å². The maximum absolute atomic E-state index is 11.6. The van der Waals surface area contributed by atoms with Gasteiger partial charge in [-0.2, -0.15) is 0 Å². The summed E-state index contributed by atoms with van der Waals surface area (Å²) in [4.78, 5) is 11.6. The Balaban J connectivity index is 1.98. The van der Waals surface area contributed by atoms with Crippen molar-refractivity contribution in [3.63, 3.8) is 0 Å². The highest BCUT2D eigenvalue weighted by molar-refractivity contribution is 5.75. The lowest BCUT2D eigenvalue weighted by molar-refractivity contribution is -0.125. The second kappa shape index (κ2) is 10.3. The SMILES string of the molecule is O=C(CCCCCCN(O)N[O-])NCc1ccccc1. The molecular formula is C14H22N3O3-. The molecule has 0 saturated heterocycles. The average molecular weight is 280 g/mol. The molecule has 0 bridgehead atoms. The average Bonchev–Trinajstić information content (AvgIpc) is 2.49. The van der Waals surface area contributed by atoms with Gasteiger partial charge in [0.15, 0.2) is 0 Å². The van der Waals surface area contributed by atoms with Gasteiger partial charge in [0.1, 0.15) is 0 Å². The number of carbonyl (C=O) groups is 1. The number of rotatable bonds is 10. The summed E-state index contributed by atoms with van der Waals surface area (Å²) in [6, 6.07) is 9.79. The van der Waals surface area contributed by atoms with Crippen molar-refractivity contribution in [1.29, 1.82) is 0 Å². The number of hydroxylamine groups is 1. The van der Waals surface area contributed by atoms with Crippen LogP contribution in [0.2, 0.25) is 0 Å². The summed E-state index contributed by atoms with van der Waals surface area (Å²) in [6.07, 6.45) is 3.83. The molecule has 20 heavy (non-hydrogen) atoms. The number of nitrogens with one attached hydrogen (secondary N) is 2. The number of unbranched alkanes of at least 4 members (excludes halogenated alkanes) is 3. The zero-order valence-corrected chi connectivity index (χ0v) is 11.5. The molecule has 1 amide bonds. The third-order valence-corrected chi connectivity index (χ3v) is 2.96. The largest absolute Gasteiger partial charge is 0.773 e. The number of amides is 1. The zero-order chi connectivity index (χ0) is 14.6. The van der Waals surface area contributed by atoms with Gasteiger partial charge in [-0.05, 0) is 18.4 Å². The molecule has 0 aliphatic heterocycles. The van der Waals surface area contributed by atoms with E-state index in [2.05, 4.69) is 5.32 Å². The second-order valence-corrected chi connectivity index (χ2v) is 4.64. The van der Waals surface area contributed by atoms with Crippen molar-refractivity contribution in [3.8, 4) is 0 Å². The van der Waals surface area contributed by atoms with E-state index in [-0.39, 0.29) is 5.91 Å². The minimum absolute atomic E-state index is 0.0545. The van der Waals surface area contributed by atoms with Crippen LogP contribution in [-0.4, -0.2) is 22.8 Å². The third kappa shape index (κ3) is 7.85. The van der Waals surface area contributed by atoms with Gasteiger partial charge in [0.25, 0.3) is 0 Å². The molecule has 3 N–H and O–H groups in total. The molecule has 6 nitrogen and oxygen atoms in total. The highest BCUT2D eigenvalue weighted by atomic mass is 16.7. The molecule has 0 spiro atoms. The Hall–Kier alpha value is -1.47. The Morgan fingerprint density at radius 3 is 2.55 bits per heavy atom. The number of carbonyl (C=O) groups excluding carboxylic acids is 1. The number of hydrogen-bond donors (Lipinski definition) is 3. The standard InChI is InChI=1S/C14H22N3O3/c18-14(15-12-13-8-4-3-5-9-13)10-6-1-2-7-11-17(20)16-19/h3-5,8-9,16,20H,1-2,6-7,10-12H2,(H,15,18)/q-1. The van der Waals surface area contributed by atoms with E-state index in [4.69, 9.17) is 5.21 Å². The van der Waals surface area contributed by atoms with Crippen LogP contribution in [-0.2, 0) is 11.3 Å². The van der Waals surface area contributed by atoms with Gasteiger partial charge >= 0.3 is 0 Å². The first-order valence-electron chi connectivity index (χ1n) is 6.87. The minimum atomic E-state index is 0.0545. The molecule has 0 saturated carbocycles. The van der Waals surface area contributed by atoms with Crippen LogP contribution in [0.1, 0.15) is 37.7 Å². The van der Waals surface area contributed by atoms with E-state index in [1.165, 1.54) is 5.59 Å². The van der Waals surface area contributed by atoms with Crippen LogP contribution >= 0.6 is 0 Å². The molecule has 1 aromatic carbocycles. The summed E-state index contributed by atoms with van der Waals surface area (Å²) in [5.41, 5.74) is 2.47. The fraction of sp³-hybridized carbons (Fsp3) is 0.500. The maximum Gasteiger partial charge on any atom is 0.220 e. The van der Waals surface area contributed by atoms with Crippen molar-refractivity contribution < 1.29 is 10.0 Å². The Morgan fingerprint density at radius 2 is 1.85 bits per heavy atom. The van der Waals surface area contributed by atoms with Crippen LogP contribution < -0.4 is 10.9 Å². The normalized spacial score (nSPS) is 10.8. The van der Waals surface area contributed by atoms with Gasteiger partial charge in [0.2, 0.25) is 5.91 Å². The van der Waals surface area contributed by atoms with Crippen LogP contribution in [0.3, 0.4) is 0 Å². The molecular weight excluding hydrogens is 258 g/mol. The lowest BCUT2D eigenvalue weighted by Gasteiger charge is -2.18. The van der Waals surface area contributed by atoms with E-state index in [1.54, 1.807) is 0 Å². The first-order chi connectivity index (χ1) is 9.72. The van der Waals surface area contributed by atoms with Crippen molar-refractivity contribution in [2.24, 2.45) is 0 Å². The van der Waals surface area contributed by atoms with E-state index >= 15 is 0 Å². The quantitative estimate of drug-likeness (QED) is 0.450. The summed E-state index contributed by atoms with van der Waals surface area (Å²) in [7, 11) is 0. The smallest absolute Gasteiger partial charge is 0.220 e. The Bertz CT molecular complexity index is 373. The minimum Gasteiger partial charge on any atom is -0.773 e. The highest BCUT2D eigenvalue weighted by Crippen LogP contribution is 2.04. The zero-order valence-electron chi connectivity index (χ0n) is 11.5. The van der Waals surface area contributed by atoms with Gasteiger partial charge in [-0.15, -0.1) is 5.17 Å². The lowest BCUT2D eigenvalue weighted by atomic mass is 10.1. The molecule has 1 rings (SSSR count). The van der Waals surface area contributed by atoms with E-state index in [0.29, 0.717) is 24.7 Å². The Kier molecular flexibility index (Phi) is 8.57. The summed E-state index contributed by atoms with van der Waals surface area (Å²) < 4.78 is 0. The first kappa shape index (κ1) is 16.6. The first-order valence-corrected chi connectivity index (χ1v) is 6.87. The van der Waals surface area contributed by atoms with Crippen LogP contribution in [0.25, 0.3) is 0 Å². The molecule has 0 aliphatic rings. The van der Waals surface area contributed by atoms with Gasteiger partial charge in [-0.1, -0.05) is 43.2 Å². The predicted molar refractivity (Wildman–Crippen MR) is 76.4 cm³/mol. The van der Waals surface area contributed by atoms with Crippen LogP contribution in [0.4, 0.5) is 0 Å². The predicted octanol–water partition coefficient (Wildman–Crippen LogP) is 1.95. The van der Waals surface area contributed by atoms with Crippen molar-refractivity contribution in [3.05, 3.63) is 41.1 Å².